The van der Waals surface area contributed by atoms with Crippen molar-refractivity contribution in [1.29, 1.82) is 0 Å². The highest BCUT2D eigenvalue weighted by atomic mass is 14.2. The minimum Gasteiger partial charge on any atom is -0.0616 e. The number of rotatable bonds is 3. The lowest BCUT2D eigenvalue weighted by Crippen LogP contribution is -1.88. The molecule has 11 aromatic carbocycles. The highest BCUT2D eigenvalue weighted by molar-refractivity contribution is 6.25. The molecule has 240 valence electrons. The summed E-state index contributed by atoms with van der Waals surface area (Å²) in [5.74, 6) is 0. The van der Waals surface area contributed by atoms with E-state index in [1.807, 2.05) is 0 Å². The predicted molar refractivity (Wildman–Crippen MR) is 225 cm³/mol. The van der Waals surface area contributed by atoms with Crippen molar-refractivity contribution in [2.24, 2.45) is 0 Å². The highest BCUT2D eigenvalue weighted by Gasteiger charge is 2.14. The van der Waals surface area contributed by atoms with E-state index < -0.39 is 0 Å². The van der Waals surface area contributed by atoms with Crippen molar-refractivity contribution in [2.45, 2.75) is 0 Å². The van der Waals surface area contributed by atoms with Gasteiger partial charge in [-0.1, -0.05) is 164 Å². The third kappa shape index (κ3) is 4.48. The van der Waals surface area contributed by atoms with Gasteiger partial charge in [-0.2, -0.15) is 0 Å². The molecule has 0 aliphatic carbocycles. The van der Waals surface area contributed by atoms with E-state index in [2.05, 4.69) is 194 Å². The molecule has 0 unspecified atom stereocenters. The lowest BCUT2D eigenvalue weighted by molar-refractivity contribution is 1.62. The first kappa shape index (κ1) is 29.0. The van der Waals surface area contributed by atoms with Gasteiger partial charge in [-0.15, -0.1) is 0 Å². The van der Waals surface area contributed by atoms with E-state index in [0.717, 1.165) is 0 Å². The van der Waals surface area contributed by atoms with Gasteiger partial charge in [0.05, 0.1) is 0 Å². The summed E-state index contributed by atoms with van der Waals surface area (Å²) in [7, 11) is 0. The van der Waals surface area contributed by atoms with Crippen molar-refractivity contribution in [3.8, 4) is 33.4 Å². The Balaban J connectivity index is 1.04. The van der Waals surface area contributed by atoms with Gasteiger partial charge >= 0.3 is 0 Å². The molecule has 11 rings (SSSR count). The molecule has 0 spiro atoms. The van der Waals surface area contributed by atoms with E-state index >= 15 is 0 Å². The topological polar surface area (TPSA) is 0 Å². The average molecular weight is 657 g/mol. The van der Waals surface area contributed by atoms with Crippen LogP contribution in [0.25, 0.3) is 109 Å². The summed E-state index contributed by atoms with van der Waals surface area (Å²) in [4.78, 5) is 0. The van der Waals surface area contributed by atoms with E-state index in [1.165, 1.54) is 109 Å². The Morgan fingerprint density at radius 3 is 1.13 bits per heavy atom. The van der Waals surface area contributed by atoms with Crippen LogP contribution in [0, 0.1) is 0 Å². The van der Waals surface area contributed by atoms with Crippen LogP contribution in [0.3, 0.4) is 0 Å². The minimum absolute atomic E-state index is 1.22. The summed E-state index contributed by atoms with van der Waals surface area (Å²) >= 11 is 0. The average Bonchev–Trinajstić information content (AvgIpc) is 3.22. The van der Waals surface area contributed by atoms with Gasteiger partial charge in [0.2, 0.25) is 0 Å². The SMILES string of the molecule is c1cc(-c2ccc3cc(-c4cc5ccccc5c5c4ccc4ccccc45)ccc3c2)cc(-c2cc3ccccc3c3c2ccc2ccccc23)c1. The molecule has 0 atom stereocenters. The quantitative estimate of drug-likeness (QED) is 0.166. The number of benzene rings is 11. The molecule has 0 heterocycles. The van der Waals surface area contributed by atoms with Gasteiger partial charge in [0.1, 0.15) is 0 Å². The fourth-order valence-electron chi connectivity index (χ4n) is 8.68. The van der Waals surface area contributed by atoms with Gasteiger partial charge in [0, 0.05) is 0 Å². The van der Waals surface area contributed by atoms with E-state index in [9.17, 15) is 0 Å². The smallest absolute Gasteiger partial charge is 0.00206 e. The summed E-state index contributed by atoms with van der Waals surface area (Å²) in [5, 5.41) is 18.0. The maximum atomic E-state index is 2.37. The molecule has 0 saturated carbocycles. The molecular formula is C52H32. The van der Waals surface area contributed by atoms with Crippen molar-refractivity contribution in [3.05, 3.63) is 194 Å². The van der Waals surface area contributed by atoms with Crippen molar-refractivity contribution in [3.63, 3.8) is 0 Å². The molecule has 0 nitrogen and oxygen atoms in total. The van der Waals surface area contributed by atoms with Crippen LogP contribution in [-0.2, 0) is 0 Å². The zero-order chi connectivity index (χ0) is 34.2. The van der Waals surface area contributed by atoms with E-state index in [4.69, 9.17) is 0 Å². The third-order valence-electron chi connectivity index (χ3n) is 11.2. The zero-order valence-electron chi connectivity index (χ0n) is 28.5. The third-order valence-corrected chi connectivity index (χ3v) is 11.2. The van der Waals surface area contributed by atoms with Crippen LogP contribution in [0.2, 0.25) is 0 Å². The fraction of sp³-hybridized carbons (Fsp3) is 0. The number of hydrogen-bond donors (Lipinski definition) is 0. The summed E-state index contributed by atoms with van der Waals surface area (Å²) in [5.41, 5.74) is 7.45. The van der Waals surface area contributed by atoms with Gasteiger partial charge in [-0.25, -0.2) is 0 Å². The zero-order valence-corrected chi connectivity index (χ0v) is 28.5. The van der Waals surface area contributed by atoms with Crippen LogP contribution in [0.4, 0.5) is 0 Å². The van der Waals surface area contributed by atoms with E-state index in [0.29, 0.717) is 0 Å². The van der Waals surface area contributed by atoms with Gasteiger partial charge in [0.15, 0.2) is 0 Å². The normalized spacial score (nSPS) is 11.8. The first-order chi connectivity index (χ1) is 25.8. The summed E-state index contributed by atoms with van der Waals surface area (Å²) < 4.78 is 0. The lowest BCUT2D eigenvalue weighted by atomic mass is 9.89. The van der Waals surface area contributed by atoms with Crippen LogP contribution in [0.1, 0.15) is 0 Å². The molecule has 0 N–H and O–H groups in total. The Morgan fingerprint density at radius 1 is 0.192 bits per heavy atom. The lowest BCUT2D eigenvalue weighted by Gasteiger charge is -2.15. The molecule has 0 fully saturated rings. The Labute approximate surface area is 301 Å². The predicted octanol–water partition coefficient (Wildman–Crippen LogP) is 14.8. The standard InChI is InChI=1S/C52H32/c1-5-16-43-33(10-1)24-26-47-49(31-40-12-3-7-18-45(40)51(43)47)39-15-9-14-35(29-39)36-20-21-38-30-42(23-22-37(38)28-36)50-32-41-13-4-8-19-46(41)52-44-17-6-2-11-34(44)25-27-48(50)52/h1-32H. The van der Waals surface area contributed by atoms with Gasteiger partial charge < -0.3 is 0 Å². The van der Waals surface area contributed by atoms with E-state index in [-0.39, 0.29) is 0 Å². The van der Waals surface area contributed by atoms with Crippen LogP contribution in [0.15, 0.2) is 194 Å². The van der Waals surface area contributed by atoms with Crippen LogP contribution >= 0.6 is 0 Å². The van der Waals surface area contributed by atoms with Gasteiger partial charge in [0.25, 0.3) is 0 Å². The van der Waals surface area contributed by atoms with Crippen molar-refractivity contribution in [2.75, 3.05) is 0 Å². The monoisotopic (exact) mass is 656 g/mol. The molecule has 0 aromatic heterocycles. The maximum Gasteiger partial charge on any atom is -0.00206 e. The molecule has 0 heteroatoms. The fourth-order valence-corrected chi connectivity index (χ4v) is 8.68. The van der Waals surface area contributed by atoms with Crippen LogP contribution < -0.4 is 0 Å². The molecule has 0 amide bonds. The molecule has 0 radical (unpaired) electrons. The largest absolute Gasteiger partial charge is 0.0616 e. The molecule has 0 saturated heterocycles. The molecule has 0 aliphatic heterocycles. The van der Waals surface area contributed by atoms with Crippen LogP contribution in [-0.4, -0.2) is 0 Å². The number of fused-ring (bicyclic) bond motifs is 11. The second-order valence-electron chi connectivity index (χ2n) is 14.1. The highest BCUT2D eigenvalue weighted by Crippen LogP contribution is 2.42. The van der Waals surface area contributed by atoms with Crippen molar-refractivity contribution in [1.82, 2.24) is 0 Å². The second kappa shape index (κ2) is 11.4. The molecular weight excluding hydrogens is 625 g/mol. The summed E-state index contributed by atoms with van der Waals surface area (Å²) in [6.07, 6.45) is 0. The Hall–Kier alpha value is -6.76. The maximum absolute atomic E-state index is 2.37. The minimum atomic E-state index is 1.22. The van der Waals surface area contributed by atoms with E-state index in [1.54, 1.807) is 0 Å². The second-order valence-corrected chi connectivity index (χ2v) is 14.1. The summed E-state index contributed by atoms with van der Waals surface area (Å²) in [6, 6.07) is 71.9. The first-order valence-electron chi connectivity index (χ1n) is 18.1. The number of hydrogen-bond acceptors (Lipinski definition) is 0. The summed E-state index contributed by atoms with van der Waals surface area (Å²) in [6.45, 7) is 0. The Bertz CT molecular complexity index is 3200. The van der Waals surface area contributed by atoms with Crippen LogP contribution in [0.5, 0.6) is 0 Å². The Kier molecular flexibility index (Phi) is 6.35. The molecule has 0 bridgehead atoms. The molecule has 0 aliphatic rings. The molecule has 52 heavy (non-hydrogen) atoms. The van der Waals surface area contributed by atoms with Gasteiger partial charge in [-0.3, -0.25) is 0 Å². The van der Waals surface area contributed by atoms with Crippen molar-refractivity contribution < 1.29 is 0 Å². The molecule has 11 aromatic rings. The van der Waals surface area contributed by atoms with Crippen molar-refractivity contribution >= 4 is 75.4 Å². The first-order valence-corrected chi connectivity index (χ1v) is 18.1. The Morgan fingerprint density at radius 2 is 0.577 bits per heavy atom. The van der Waals surface area contributed by atoms with Gasteiger partial charge in [-0.05, 0) is 139 Å².